The summed E-state index contributed by atoms with van der Waals surface area (Å²) in [4.78, 5) is 43.6. The Morgan fingerprint density at radius 3 is 2.29 bits per heavy atom. The predicted molar refractivity (Wildman–Crippen MR) is 166 cm³/mol. The van der Waals surface area contributed by atoms with Gasteiger partial charge < -0.3 is 9.67 Å². The normalized spacial score (nSPS) is 15.1. The van der Waals surface area contributed by atoms with Crippen LogP contribution in [0, 0.1) is 30.9 Å². The van der Waals surface area contributed by atoms with Crippen molar-refractivity contribution in [1.29, 1.82) is 0 Å². The lowest BCUT2D eigenvalue weighted by molar-refractivity contribution is -0.384. The number of benzene rings is 3. The van der Waals surface area contributed by atoms with Gasteiger partial charge in [-0.05, 0) is 104 Å². The largest absolute Gasteiger partial charge is 0.478 e. The molecule has 0 unspecified atom stereocenters. The third kappa shape index (κ3) is 5.74. The minimum atomic E-state index is -1.02. The van der Waals surface area contributed by atoms with Crippen LogP contribution >= 0.6 is 23.5 Å². The van der Waals surface area contributed by atoms with Gasteiger partial charge in [-0.2, -0.15) is 0 Å². The number of aromatic carboxylic acids is 1. The van der Waals surface area contributed by atoms with Crippen molar-refractivity contribution in [2.75, 3.05) is 7.05 Å². The lowest BCUT2D eigenvalue weighted by Gasteiger charge is -2.11. The van der Waals surface area contributed by atoms with Crippen LogP contribution in [0.15, 0.2) is 92.5 Å². The van der Waals surface area contributed by atoms with Crippen LogP contribution in [-0.2, 0) is 4.79 Å². The monoisotopic (exact) mass is 598 g/mol. The molecule has 1 aliphatic rings. The zero-order valence-corrected chi connectivity index (χ0v) is 24.8. The standard InChI is InChI=1S/C31H26N4O5S2/c1-18-16-21(17-28-29(36)33(4)31(42-28)32-27-7-5-6-26(19(27)2)30(37)38)20(3)34(18)22-8-12-24(13-9-22)41-25-14-10-23(11-15-25)35(39)40/h5-17H,1-4H3,(H,37,38)/b28-17-,32-31?. The van der Waals surface area contributed by atoms with E-state index in [0.717, 1.165) is 32.4 Å². The summed E-state index contributed by atoms with van der Waals surface area (Å²) in [6.45, 7) is 5.72. The van der Waals surface area contributed by atoms with E-state index in [1.54, 1.807) is 38.2 Å². The molecule has 1 fully saturated rings. The highest BCUT2D eigenvalue weighted by atomic mass is 32.2. The average molecular weight is 599 g/mol. The van der Waals surface area contributed by atoms with E-state index in [1.165, 1.54) is 46.6 Å². The first-order valence-electron chi connectivity index (χ1n) is 12.8. The number of hydrogen-bond acceptors (Lipinski definition) is 7. The summed E-state index contributed by atoms with van der Waals surface area (Å²) >= 11 is 2.78. The van der Waals surface area contributed by atoms with E-state index in [-0.39, 0.29) is 17.2 Å². The summed E-state index contributed by atoms with van der Waals surface area (Å²) in [7, 11) is 1.66. The molecule has 0 saturated carbocycles. The number of non-ortho nitro benzene ring substituents is 1. The van der Waals surface area contributed by atoms with Crippen LogP contribution in [0.5, 0.6) is 0 Å². The zero-order chi connectivity index (χ0) is 30.1. The SMILES string of the molecule is Cc1c(N=C2S/C(=C\c3cc(C)n(-c4ccc(Sc5ccc([N+](=O)[O-])cc5)cc4)c3C)C(=O)N2C)cccc1C(=O)O. The Balaban J connectivity index is 1.37. The molecule has 0 bridgehead atoms. The molecular weight excluding hydrogens is 572 g/mol. The van der Waals surface area contributed by atoms with E-state index in [4.69, 9.17) is 0 Å². The van der Waals surface area contributed by atoms with Crippen molar-refractivity contribution < 1.29 is 19.6 Å². The molecule has 5 rings (SSSR count). The summed E-state index contributed by atoms with van der Waals surface area (Å²) in [5.41, 5.74) is 5.15. The number of carboxylic acid groups (broad SMARTS) is 1. The van der Waals surface area contributed by atoms with Crippen LogP contribution in [0.3, 0.4) is 0 Å². The van der Waals surface area contributed by atoms with E-state index in [0.29, 0.717) is 21.3 Å². The molecule has 1 aliphatic heterocycles. The molecule has 1 N–H and O–H groups in total. The molecule has 1 aromatic heterocycles. The fourth-order valence-electron chi connectivity index (χ4n) is 4.64. The highest BCUT2D eigenvalue weighted by Crippen LogP contribution is 2.36. The Kier molecular flexibility index (Phi) is 8.06. The lowest BCUT2D eigenvalue weighted by Crippen LogP contribution is -2.23. The number of rotatable bonds is 7. The number of aromatic nitrogens is 1. The Morgan fingerprint density at radius 1 is 1.02 bits per heavy atom. The number of hydrogen-bond donors (Lipinski definition) is 1. The van der Waals surface area contributed by atoms with Crippen molar-refractivity contribution in [3.63, 3.8) is 0 Å². The van der Waals surface area contributed by atoms with Crippen molar-refractivity contribution in [3.8, 4) is 5.69 Å². The number of carboxylic acids is 1. The number of carbonyl (C=O) groups is 2. The molecule has 0 aliphatic carbocycles. The number of amidine groups is 1. The highest BCUT2D eigenvalue weighted by Gasteiger charge is 2.31. The van der Waals surface area contributed by atoms with E-state index in [1.807, 2.05) is 50.3 Å². The van der Waals surface area contributed by atoms with Gasteiger partial charge in [-0.15, -0.1) is 0 Å². The van der Waals surface area contributed by atoms with Gasteiger partial charge >= 0.3 is 5.97 Å². The summed E-state index contributed by atoms with van der Waals surface area (Å²) in [5, 5.41) is 20.8. The van der Waals surface area contributed by atoms with Crippen molar-refractivity contribution in [1.82, 2.24) is 9.47 Å². The maximum absolute atomic E-state index is 13.1. The summed E-state index contributed by atoms with van der Waals surface area (Å²) < 4.78 is 2.12. The van der Waals surface area contributed by atoms with Gasteiger partial charge in [-0.3, -0.25) is 19.8 Å². The third-order valence-corrected chi connectivity index (χ3v) is 8.97. The molecule has 3 aromatic carbocycles. The second kappa shape index (κ2) is 11.7. The quantitative estimate of drug-likeness (QED) is 0.134. The van der Waals surface area contributed by atoms with Gasteiger partial charge in [-0.1, -0.05) is 17.8 Å². The summed E-state index contributed by atoms with van der Waals surface area (Å²) in [6.07, 6.45) is 1.87. The summed E-state index contributed by atoms with van der Waals surface area (Å²) in [6, 6.07) is 21.5. The Labute approximate surface area is 250 Å². The van der Waals surface area contributed by atoms with Gasteiger partial charge in [-0.25, -0.2) is 9.79 Å². The zero-order valence-electron chi connectivity index (χ0n) is 23.2. The van der Waals surface area contributed by atoms with Crippen molar-refractivity contribution in [3.05, 3.63) is 116 Å². The number of nitro benzene ring substituents is 1. The number of aryl methyl sites for hydroxylation is 1. The molecule has 11 heteroatoms. The minimum absolute atomic E-state index is 0.0625. The first-order chi connectivity index (χ1) is 20.0. The molecule has 212 valence electrons. The Bertz CT molecular complexity index is 1790. The van der Waals surface area contributed by atoms with Crippen molar-refractivity contribution in [2.45, 2.75) is 30.6 Å². The van der Waals surface area contributed by atoms with Crippen LogP contribution in [-0.4, -0.2) is 43.6 Å². The number of thioether (sulfide) groups is 1. The van der Waals surface area contributed by atoms with Gasteiger partial charge in [0.05, 0.1) is 21.1 Å². The molecule has 0 atom stereocenters. The van der Waals surface area contributed by atoms with Gasteiger partial charge in [0, 0.05) is 46.0 Å². The van der Waals surface area contributed by atoms with E-state index >= 15 is 0 Å². The lowest BCUT2D eigenvalue weighted by atomic mass is 10.1. The summed E-state index contributed by atoms with van der Waals surface area (Å²) in [5.74, 6) is -1.20. The van der Waals surface area contributed by atoms with Crippen LogP contribution in [0.1, 0.15) is 32.9 Å². The predicted octanol–water partition coefficient (Wildman–Crippen LogP) is 7.39. The fourth-order valence-corrected chi connectivity index (χ4v) is 6.43. The number of nitro groups is 1. The molecule has 1 saturated heterocycles. The van der Waals surface area contributed by atoms with Crippen molar-refractivity contribution in [2.24, 2.45) is 4.99 Å². The van der Waals surface area contributed by atoms with Crippen LogP contribution in [0.2, 0.25) is 0 Å². The fraction of sp³-hybridized carbons (Fsp3) is 0.129. The first-order valence-corrected chi connectivity index (χ1v) is 14.5. The van der Waals surface area contributed by atoms with E-state index < -0.39 is 10.9 Å². The molecular formula is C31H26N4O5S2. The average Bonchev–Trinajstić information content (AvgIpc) is 3.39. The second-order valence-electron chi connectivity index (χ2n) is 9.63. The molecule has 4 aromatic rings. The maximum Gasteiger partial charge on any atom is 0.336 e. The number of amides is 1. The number of carbonyl (C=O) groups excluding carboxylic acids is 1. The first kappa shape index (κ1) is 28.9. The van der Waals surface area contributed by atoms with Gasteiger partial charge in [0.2, 0.25) is 0 Å². The Morgan fingerprint density at radius 2 is 1.67 bits per heavy atom. The van der Waals surface area contributed by atoms with Crippen molar-refractivity contribution >= 4 is 58.0 Å². The van der Waals surface area contributed by atoms with E-state index in [9.17, 15) is 24.8 Å². The second-order valence-corrected chi connectivity index (χ2v) is 11.8. The van der Waals surface area contributed by atoms with Gasteiger partial charge in [0.1, 0.15) is 0 Å². The number of aliphatic imine (C=N–C) groups is 1. The van der Waals surface area contributed by atoms with Crippen LogP contribution in [0.4, 0.5) is 11.4 Å². The van der Waals surface area contributed by atoms with Crippen LogP contribution < -0.4 is 0 Å². The van der Waals surface area contributed by atoms with Crippen LogP contribution in [0.25, 0.3) is 11.8 Å². The molecule has 1 amide bonds. The molecule has 9 nitrogen and oxygen atoms in total. The Hall–Kier alpha value is -4.61. The third-order valence-electron chi connectivity index (χ3n) is 6.89. The number of likely N-dealkylation sites (N-methyl/N-ethyl adjacent to an activating group) is 1. The number of nitrogens with zero attached hydrogens (tertiary/aromatic N) is 4. The molecule has 2 heterocycles. The van der Waals surface area contributed by atoms with Gasteiger partial charge in [0.25, 0.3) is 11.6 Å². The topological polar surface area (TPSA) is 118 Å². The smallest absolute Gasteiger partial charge is 0.336 e. The highest BCUT2D eigenvalue weighted by molar-refractivity contribution is 8.18. The maximum atomic E-state index is 13.1. The minimum Gasteiger partial charge on any atom is -0.478 e. The molecule has 42 heavy (non-hydrogen) atoms. The van der Waals surface area contributed by atoms with Gasteiger partial charge in [0.15, 0.2) is 5.17 Å². The molecule has 0 spiro atoms. The van der Waals surface area contributed by atoms with E-state index in [2.05, 4.69) is 9.56 Å². The molecule has 0 radical (unpaired) electrons.